The molecular formula is C11H13NO4. The number of carbonyl (C=O) groups is 2. The van der Waals surface area contributed by atoms with Crippen molar-refractivity contribution in [2.45, 2.75) is 0 Å². The third-order valence-electron chi connectivity index (χ3n) is 1.56. The normalized spacial score (nSPS) is 8.31. The molecule has 0 aliphatic carbocycles. The smallest absolute Gasteiger partial charge is 0.335 e. The highest BCUT2D eigenvalue weighted by atomic mass is 16.4. The van der Waals surface area contributed by atoms with E-state index in [-0.39, 0.29) is 11.1 Å². The lowest BCUT2D eigenvalue weighted by molar-refractivity contribution is 0.0696. The molecule has 3 N–H and O–H groups in total. The number of hydrogen-bond donors (Lipinski definition) is 3. The van der Waals surface area contributed by atoms with E-state index in [0.29, 0.717) is 0 Å². The van der Waals surface area contributed by atoms with Gasteiger partial charge in [0.05, 0.1) is 11.1 Å². The number of rotatable bonds is 3. The summed E-state index contributed by atoms with van der Waals surface area (Å²) >= 11 is 0. The van der Waals surface area contributed by atoms with E-state index in [0.717, 1.165) is 6.07 Å². The van der Waals surface area contributed by atoms with Crippen molar-refractivity contribution in [1.82, 2.24) is 5.32 Å². The average molecular weight is 223 g/mol. The van der Waals surface area contributed by atoms with Gasteiger partial charge in [-0.05, 0) is 24.4 Å². The van der Waals surface area contributed by atoms with Crippen molar-refractivity contribution in [2.75, 3.05) is 7.05 Å². The summed E-state index contributed by atoms with van der Waals surface area (Å²) in [6.45, 7) is 3.37. The summed E-state index contributed by atoms with van der Waals surface area (Å²) in [6.07, 6.45) is 1.62. The lowest BCUT2D eigenvalue weighted by Crippen LogP contribution is -2.01. The zero-order valence-electron chi connectivity index (χ0n) is 8.80. The van der Waals surface area contributed by atoms with E-state index >= 15 is 0 Å². The van der Waals surface area contributed by atoms with Crippen LogP contribution in [0.5, 0.6) is 0 Å². The highest BCUT2D eigenvalue weighted by Gasteiger charge is 2.06. The Morgan fingerprint density at radius 1 is 1.25 bits per heavy atom. The SMILES string of the molecule is C=CNC.O=C(O)c1cccc(C(=O)O)c1. The molecule has 5 heteroatoms. The van der Waals surface area contributed by atoms with Gasteiger partial charge in [-0.15, -0.1) is 0 Å². The molecule has 0 spiro atoms. The van der Waals surface area contributed by atoms with E-state index in [1.165, 1.54) is 18.2 Å². The maximum atomic E-state index is 10.4. The van der Waals surface area contributed by atoms with Crippen LogP contribution in [0.15, 0.2) is 37.0 Å². The monoisotopic (exact) mass is 223 g/mol. The number of carboxylic acid groups (broad SMARTS) is 2. The predicted octanol–water partition coefficient (Wildman–Crippen LogP) is 1.43. The molecule has 1 aromatic rings. The molecule has 0 atom stereocenters. The molecule has 0 fully saturated rings. The van der Waals surface area contributed by atoms with Crippen molar-refractivity contribution in [3.63, 3.8) is 0 Å². The first-order valence-electron chi connectivity index (χ1n) is 4.37. The largest absolute Gasteiger partial charge is 0.478 e. The topological polar surface area (TPSA) is 86.6 Å². The summed E-state index contributed by atoms with van der Waals surface area (Å²) in [7, 11) is 1.81. The van der Waals surface area contributed by atoms with E-state index < -0.39 is 11.9 Å². The van der Waals surface area contributed by atoms with Crippen LogP contribution in [-0.2, 0) is 0 Å². The Morgan fingerprint density at radius 3 is 1.88 bits per heavy atom. The van der Waals surface area contributed by atoms with Crippen molar-refractivity contribution >= 4 is 11.9 Å². The van der Waals surface area contributed by atoms with Crippen molar-refractivity contribution in [3.8, 4) is 0 Å². The van der Waals surface area contributed by atoms with Crippen LogP contribution in [-0.4, -0.2) is 29.2 Å². The van der Waals surface area contributed by atoms with Crippen LogP contribution in [0.2, 0.25) is 0 Å². The molecule has 16 heavy (non-hydrogen) atoms. The summed E-state index contributed by atoms with van der Waals surface area (Å²) in [4.78, 5) is 20.8. The summed E-state index contributed by atoms with van der Waals surface area (Å²) < 4.78 is 0. The molecule has 1 aromatic carbocycles. The molecule has 0 saturated carbocycles. The Labute approximate surface area is 93.0 Å². The number of aromatic carboxylic acids is 2. The van der Waals surface area contributed by atoms with Gasteiger partial charge in [-0.2, -0.15) is 0 Å². The first kappa shape index (κ1) is 13.7. The van der Waals surface area contributed by atoms with E-state index in [1.807, 2.05) is 7.05 Å². The molecule has 0 amide bonds. The lowest BCUT2D eigenvalue weighted by Gasteiger charge is -1.95. The van der Waals surface area contributed by atoms with Crippen LogP contribution in [0.3, 0.4) is 0 Å². The first-order valence-corrected chi connectivity index (χ1v) is 4.37. The van der Waals surface area contributed by atoms with Gasteiger partial charge in [0, 0.05) is 7.05 Å². The molecule has 86 valence electrons. The van der Waals surface area contributed by atoms with Gasteiger partial charge in [-0.1, -0.05) is 12.6 Å². The zero-order chi connectivity index (χ0) is 12.6. The van der Waals surface area contributed by atoms with Gasteiger partial charge in [0.15, 0.2) is 0 Å². The molecular weight excluding hydrogens is 210 g/mol. The number of benzene rings is 1. The second-order valence-corrected chi connectivity index (χ2v) is 2.68. The molecule has 0 unspecified atom stereocenters. The fourth-order valence-corrected chi connectivity index (χ4v) is 0.785. The highest BCUT2D eigenvalue weighted by Crippen LogP contribution is 2.04. The van der Waals surface area contributed by atoms with Gasteiger partial charge in [-0.25, -0.2) is 9.59 Å². The van der Waals surface area contributed by atoms with Gasteiger partial charge in [0.2, 0.25) is 0 Å². The van der Waals surface area contributed by atoms with Crippen LogP contribution in [0.25, 0.3) is 0 Å². The predicted molar refractivity (Wildman–Crippen MR) is 59.6 cm³/mol. The summed E-state index contributed by atoms with van der Waals surface area (Å²) in [5.41, 5.74) is -0.0372. The van der Waals surface area contributed by atoms with Crippen LogP contribution >= 0.6 is 0 Å². The van der Waals surface area contributed by atoms with Gasteiger partial charge in [0.25, 0.3) is 0 Å². The Morgan fingerprint density at radius 2 is 1.62 bits per heavy atom. The van der Waals surface area contributed by atoms with Crippen LogP contribution in [0.4, 0.5) is 0 Å². The van der Waals surface area contributed by atoms with Crippen molar-refractivity contribution in [2.24, 2.45) is 0 Å². The van der Waals surface area contributed by atoms with E-state index in [1.54, 1.807) is 6.20 Å². The molecule has 1 rings (SSSR count). The quantitative estimate of drug-likeness (QED) is 0.721. The minimum absolute atomic E-state index is 0.0186. The van der Waals surface area contributed by atoms with Crippen LogP contribution in [0, 0.1) is 0 Å². The second kappa shape index (κ2) is 7.05. The molecule has 0 heterocycles. The highest BCUT2D eigenvalue weighted by molar-refractivity contribution is 5.93. The summed E-state index contributed by atoms with van der Waals surface area (Å²) in [5.74, 6) is -2.25. The molecule has 0 bridgehead atoms. The third-order valence-corrected chi connectivity index (χ3v) is 1.56. The van der Waals surface area contributed by atoms with Crippen LogP contribution in [0.1, 0.15) is 20.7 Å². The minimum Gasteiger partial charge on any atom is -0.478 e. The van der Waals surface area contributed by atoms with Gasteiger partial charge in [-0.3, -0.25) is 0 Å². The Kier molecular flexibility index (Phi) is 6.04. The average Bonchev–Trinajstić information content (AvgIpc) is 2.29. The molecule has 5 nitrogen and oxygen atoms in total. The fraction of sp³-hybridized carbons (Fsp3) is 0.0909. The van der Waals surface area contributed by atoms with Crippen LogP contribution < -0.4 is 5.32 Å². The van der Waals surface area contributed by atoms with Crippen molar-refractivity contribution in [1.29, 1.82) is 0 Å². The standard InChI is InChI=1S/C8H6O4.C3H7N/c9-7(10)5-2-1-3-6(4-5)8(11)12;1-3-4-2/h1-4H,(H,9,10)(H,11,12);3-4H,1H2,2H3. The number of carboxylic acids is 2. The van der Waals surface area contributed by atoms with E-state index in [9.17, 15) is 9.59 Å². The molecule has 0 aliphatic rings. The number of hydrogen-bond acceptors (Lipinski definition) is 3. The maximum absolute atomic E-state index is 10.4. The van der Waals surface area contributed by atoms with Gasteiger partial charge >= 0.3 is 11.9 Å². The molecule has 0 aromatic heterocycles. The van der Waals surface area contributed by atoms with E-state index in [2.05, 4.69) is 11.9 Å². The van der Waals surface area contributed by atoms with E-state index in [4.69, 9.17) is 10.2 Å². The van der Waals surface area contributed by atoms with Crippen molar-refractivity contribution in [3.05, 3.63) is 48.2 Å². The minimum atomic E-state index is -1.13. The van der Waals surface area contributed by atoms with Gasteiger partial charge in [0.1, 0.15) is 0 Å². The zero-order valence-corrected chi connectivity index (χ0v) is 8.80. The lowest BCUT2D eigenvalue weighted by atomic mass is 10.1. The maximum Gasteiger partial charge on any atom is 0.335 e. The summed E-state index contributed by atoms with van der Waals surface area (Å²) in [6, 6.07) is 5.20. The Balaban J connectivity index is 0.000000487. The Hall–Kier alpha value is -2.30. The molecule has 0 saturated heterocycles. The van der Waals surface area contributed by atoms with Crippen molar-refractivity contribution < 1.29 is 19.8 Å². The van der Waals surface area contributed by atoms with Gasteiger partial charge < -0.3 is 15.5 Å². The number of nitrogens with one attached hydrogen (secondary N) is 1. The molecule has 0 aliphatic heterocycles. The molecule has 0 radical (unpaired) electrons. The third kappa shape index (κ3) is 4.80. The fourth-order valence-electron chi connectivity index (χ4n) is 0.785. The summed E-state index contributed by atoms with van der Waals surface area (Å²) in [5, 5.41) is 19.7. The second-order valence-electron chi connectivity index (χ2n) is 2.68. The Bertz CT molecular complexity index is 358. The first-order chi connectivity index (χ1) is 7.52.